The van der Waals surface area contributed by atoms with E-state index in [1.165, 1.54) is 48.5 Å². The summed E-state index contributed by atoms with van der Waals surface area (Å²) in [5.41, 5.74) is 5.90. The van der Waals surface area contributed by atoms with Gasteiger partial charge in [-0.25, -0.2) is 35.1 Å². The van der Waals surface area contributed by atoms with Crippen molar-refractivity contribution in [3.05, 3.63) is 265 Å². The van der Waals surface area contributed by atoms with Crippen molar-refractivity contribution in [3.8, 4) is 44.5 Å². The first-order chi connectivity index (χ1) is 33.2. The van der Waals surface area contributed by atoms with Crippen molar-refractivity contribution < 1.29 is 35.1 Å². The molecule has 0 aliphatic heterocycles. The van der Waals surface area contributed by atoms with Gasteiger partial charge in [0.15, 0.2) is 0 Å². The maximum absolute atomic E-state index is 15.7. The summed E-state index contributed by atoms with van der Waals surface area (Å²) in [6, 6.07) is 34.0. The van der Waals surface area contributed by atoms with Crippen molar-refractivity contribution in [2.45, 2.75) is 25.7 Å². The zero-order chi connectivity index (χ0) is 49.0. The van der Waals surface area contributed by atoms with Gasteiger partial charge >= 0.3 is 0 Å². The van der Waals surface area contributed by atoms with Crippen LogP contribution in [0.4, 0.5) is 35.1 Å². The molecule has 0 spiro atoms. The molecule has 8 aromatic rings. The smallest absolute Gasteiger partial charge is 0.126 e. The lowest BCUT2D eigenvalue weighted by molar-refractivity contribution is 0.583. The van der Waals surface area contributed by atoms with Gasteiger partial charge in [0.2, 0.25) is 0 Å². The highest BCUT2D eigenvalue weighted by molar-refractivity contribution is 7.22. The van der Waals surface area contributed by atoms with E-state index in [4.69, 9.17) is 0 Å². The third-order valence-corrected chi connectivity index (χ3v) is 12.6. The van der Waals surface area contributed by atoms with Crippen LogP contribution in [0.15, 0.2) is 196 Å². The first-order valence-electron chi connectivity index (χ1n) is 22.2. The van der Waals surface area contributed by atoms with Gasteiger partial charge in [-0.1, -0.05) is 119 Å². The fourth-order valence-corrected chi connectivity index (χ4v) is 9.94. The first-order valence-corrected chi connectivity index (χ1v) is 22.2. The number of hydrogen-bond donors (Lipinski definition) is 0. The van der Waals surface area contributed by atoms with Crippen LogP contribution in [0.2, 0.25) is 0 Å². The average Bonchev–Trinajstić information content (AvgIpc) is 3.29. The lowest BCUT2D eigenvalue weighted by atomic mass is 9.11. The molecule has 0 amide bonds. The Labute approximate surface area is 396 Å². The minimum Gasteiger partial charge on any atom is -0.207 e. The Bertz CT molecular complexity index is 2790. The largest absolute Gasteiger partial charge is 0.207 e. The molecule has 0 saturated heterocycles. The minimum atomic E-state index is -3.14. The summed E-state index contributed by atoms with van der Waals surface area (Å²) in [5.74, 6) is -7.09. The zero-order valence-electron chi connectivity index (χ0n) is 37.4. The highest BCUT2D eigenvalue weighted by atomic mass is 19.2. The van der Waals surface area contributed by atoms with E-state index in [2.05, 4.69) is 26.3 Å². The number of benzene rings is 8. The Kier molecular flexibility index (Phi) is 14.0. The quantitative estimate of drug-likeness (QED) is 0.0515. The second-order valence-corrected chi connectivity index (χ2v) is 17.2. The summed E-state index contributed by atoms with van der Waals surface area (Å²) in [6.45, 7) is 15.7. The second kappa shape index (κ2) is 20.2. The Morgan fingerprint density at radius 2 is 0.464 bits per heavy atom. The predicted molar refractivity (Wildman–Crippen MR) is 267 cm³/mol. The maximum Gasteiger partial charge on any atom is 0.126 e. The Hall–Kier alpha value is -7.78. The number of rotatable bonds is 16. The molecular weight excluding hydrogens is 883 g/mol. The number of hydrogen-bond acceptors (Lipinski definition) is 0. The van der Waals surface area contributed by atoms with Crippen LogP contribution in [-0.2, 0) is 25.7 Å². The van der Waals surface area contributed by atoms with Crippen LogP contribution >= 0.6 is 0 Å². The molecular formula is C60H44BF8-. The van der Waals surface area contributed by atoms with Crippen LogP contribution in [0.1, 0.15) is 22.3 Å². The van der Waals surface area contributed by atoms with Crippen LogP contribution in [-0.4, -0.2) is 6.15 Å². The van der Waals surface area contributed by atoms with Gasteiger partial charge in [-0.05, 0) is 119 Å². The molecule has 0 fully saturated rings. The van der Waals surface area contributed by atoms with Crippen molar-refractivity contribution in [3.63, 3.8) is 0 Å². The Balaban J connectivity index is 1.74. The van der Waals surface area contributed by atoms with E-state index in [9.17, 15) is 0 Å². The fourth-order valence-electron chi connectivity index (χ4n) is 9.94. The molecule has 0 unspecified atom stereocenters. The molecule has 9 heteroatoms. The highest BCUT2D eigenvalue weighted by Gasteiger charge is 2.39. The molecule has 0 aliphatic rings. The van der Waals surface area contributed by atoms with Gasteiger partial charge in [0, 0.05) is 24.3 Å². The molecule has 0 radical (unpaired) electrons. The molecule has 0 bridgehead atoms. The molecule has 0 heterocycles. The van der Waals surface area contributed by atoms with Crippen molar-refractivity contribution in [1.29, 1.82) is 0 Å². The van der Waals surface area contributed by atoms with Gasteiger partial charge in [-0.15, -0.1) is 26.3 Å². The van der Waals surface area contributed by atoms with Crippen molar-refractivity contribution >= 4 is 28.0 Å². The molecule has 0 aromatic heterocycles. The van der Waals surface area contributed by atoms with E-state index in [1.54, 1.807) is 72.8 Å². The van der Waals surface area contributed by atoms with Crippen LogP contribution in [0.3, 0.4) is 0 Å². The van der Waals surface area contributed by atoms with E-state index in [1.807, 2.05) is 24.3 Å². The molecule has 8 rings (SSSR count). The van der Waals surface area contributed by atoms with Gasteiger partial charge < -0.3 is 0 Å². The SMILES string of the molecule is C=CCc1ccc([B-](c2ccc(CC=C)cc2-c2cc(F)cc(F)c2)(c2ccc(CC=C)cc2-c2cc(F)cc(F)c2)c2ccc(CC=C)cc2-c2cc(F)cc(F)c2)c(-c2cc(F)cc(F)c2)c1. The third kappa shape index (κ3) is 9.82. The molecule has 0 atom stereocenters. The van der Waals surface area contributed by atoms with Crippen molar-refractivity contribution in [2.75, 3.05) is 0 Å². The van der Waals surface area contributed by atoms with Gasteiger partial charge in [0.1, 0.15) is 52.7 Å². The Morgan fingerprint density at radius 3 is 0.638 bits per heavy atom. The van der Waals surface area contributed by atoms with E-state index >= 15 is 35.1 Å². The van der Waals surface area contributed by atoms with E-state index in [0.717, 1.165) is 24.3 Å². The van der Waals surface area contributed by atoms with Gasteiger partial charge in [0.25, 0.3) is 0 Å². The van der Waals surface area contributed by atoms with Gasteiger partial charge in [-0.2, -0.15) is 21.9 Å². The molecule has 69 heavy (non-hydrogen) atoms. The van der Waals surface area contributed by atoms with Crippen molar-refractivity contribution in [2.24, 2.45) is 0 Å². The molecule has 0 nitrogen and oxygen atoms in total. The summed E-state index contributed by atoms with van der Waals surface area (Å²) in [6.07, 6.45) is 4.83. The average molecular weight is 928 g/mol. The van der Waals surface area contributed by atoms with Crippen LogP contribution < -0.4 is 21.9 Å². The first kappa shape index (κ1) is 47.7. The third-order valence-electron chi connectivity index (χ3n) is 12.6. The molecule has 8 aromatic carbocycles. The van der Waals surface area contributed by atoms with E-state index in [-0.39, 0.29) is 22.3 Å². The molecule has 0 saturated carbocycles. The van der Waals surface area contributed by atoms with Gasteiger partial charge in [0.05, 0.1) is 0 Å². The normalized spacial score (nSPS) is 11.4. The number of allylic oxidation sites excluding steroid dienone is 4. The summed E-state index contributed by atoms with van der Waals surface area (Å²) >= 11 is 0. The minimum absolute atomic E-state index is 0.101. The second-order valence-electron chi connectivity index (χ2n) is 17.2. The molecule has 344 valence electrons. The van der Waals surface area contributed by atoms with E-state index < -0.39 is 52.7 Å². The summed E-state index contributed by atoms with van der Waals surface area (Å²) in [4.78, 5) is 0. The van der Waals surface area contributed by atoms with Gasteiger partial charge in [-0.3, -0.25) is 0 Å². The Morgan fingerprint density at radius 1 is 0.275 bits per heavy atom. The topological polar surface area (TPSA) is 0 Å². The summed E-state index contributed by atoms with van der Waals surface area (Å²) < 4.78 is 126. The monoisotopic (exact) mass is 927 g/mol. The molecule has 0 aliphatic carbocycles. The lowest BCUT2D eigenvalue weighted by Crippen LogP contribution is -2.76. The fraction of sp³-hybridized carbons (Fsp3) is 0.0667. The van der Waals surface area contributed by atoms with Crippen molar-refractivity contribution in [1.82, 2.24) is 0 Å². The summed E-state index contributed by atoms with van der Waals surface area (Å²) in [5, 5.41) is 0. The van der Waals surface area contributed by atoms with E-state index in [0.29, 0.717) is 92.0 Å². The van der Waals surface area contributed by atoms with Crippen LogP contribution in [0, 0.1) is 46.5 Å². The standard InChI is InChI=1S/C60H44BF8/c1-5-9-37-13-17-57(53(21-37)41-25-45(62)33-46(63)26-41)61(58-18-14-38(10-6-2)22-54(58)42-27-47(64)34-48(65)28-42,59-19-15-39(11-7-3)23-55(59)43-29-49(66)35-50(67)30-43)60-20-16-40(12-8-4)24-56(60)44-31-51(68)36-52(69)32-44/h5-8,13-36H,1-4,9-12H2/q-1. The maximum atomic E-state index is 15.7. The van der Waals surface area contributed by atoms with Crippen LogP contribution in [0.25, 0.3) is 44.5 Å². The lowest BCUT2D eigenvalue weighted by Gasteiger charge is -2.49. The highest BCUT2D eigenvalue weighted by Crippen LogP contribution is 2.35. The summed E-state index contributed by atoms with van der Waals surface area (Å²) in [7, 11) is 0. The molecule has 0 N–H and O–H groups in total. The zero-order valence-corrected chi connectivity index (χ0v) is 37.4. The number of halogens is 8. The predicted octanol–water partition coefficient (Wildman–Crippen LogP) is 13.8. The van der Waals surface area contributed by atoms with Crippen LogP contribution in [0.5, 0.6) is 0 Å².